The summed E-state index contributed by atoms with van der Waals surface area (Å²) in [5.41, 5.74) is 7.45. The van der Waals surface area contributed by atoms with Crippen molar-refractivity contribution in [3.8, 4) is 0 Å². The quantitative estimate of drug-likeness (QED) is 0.728. The van der Waals surface area contributed by atoms with Crippen molar-refractivity contribution in [1.29, 1.82) is 0 Å². The maximum absolute atomic E-state index is 13.5. The molecule has 0 aromatic heterocycles. The van der Waals surface area contributed by atoms with Crippen molar-refractivity contribution in [2.24, 2.45) is 0 Å². The minimum Gasteiger partial charge on any atom is -0.397 e. The fourth-order valence-corrected chi connectivity index (χ4v) is 3.00. The number of hydrogen-bond donors (Lipinski definition) is 2. The Hall–Kier alpha value is -1.40. The summed E-state index contributed by atoms with van der Waals surface area (Å²) < 4.78 is 14.9. The molecule has 0 aliphatic rings. The van der Waals surface area contributed by atoms with Gasteiger partial charge in [-0.15, -0.1) is 0 Å². The number of carbonyl (C=O) groups is 1. The van der Waals surface area contributed by atoms with Crippen LogP contribution < -0.4 is 11.1 Å². The van der Waals surface area contributed by atoms with Crippen LogP contribution in [0.15, 0.2) is 39.3 Å². The van der Waals surface area contributed by atoms with Crippen LogP contribution in [0.5, 0.6) is 0 Å². The van der Waals surface area contributed by atoms with Crippen LogP contribution in [0.1, 0.15) is 15.9 Å². The summed E-state index contributed by atoms with van der Waals surface area (Å²) in [6.45, 7) is 1.64. The van der Waals surface area contributed by atoms with Gasteiger partial charge in [-0.05, 0) is 52.7 Å². The topological polar surface area (TPSA) is 55.1 Å². The zero-order valence-electron chi connectivity index (χ0n) is 10.5. The van der Waals surface area contributed by atoms with Gasteiger partial charge < -0.3 is 11.1 Å². The van der Waals surface area contributed by atoms with Crippen molar-refractivity contribution in [3.63, 3.8) is 0 Å². The Morgan fingerprint density at radius 1 is 1.25 bits per heavy atom. The van der Waals surface area contributed by atoms with Crippen LogP contribution in [-0.4, -0.2) is 5.91 Å². The zero-order valence-corrected chi connectivity index (χ0v) is 13.7. The molecule has 2 rings (SSSR count). The van der Waals surface area contributed by atoms with Gasteiger partial charge in [0.2, 0.25) is 0 Å². The first-order valence-electron chi connectivity index (χ1n) is 5.70. The lowest BCUT2D eigenvalue weighted by molar-refractivity contribution is 0.102. The summed E-state index contributed by atoms with van der Waals surface area (Å²) in [6.07, 6.45) is 0. The first-order valence-corrected chi connectivity index (χ1v) is 7.29. The molecule has 0 aliphatic heterocycles. The van der Waals surface area contributed by atoms with Crippen LogP contribution in [-0.2, 0) is 0 Å². The van der Waals surface area contributed by atoms with E-state index in [-0.39, 0.29) is 5.56 Å². The highest BCUT2D eigenvalue weighted by molar-refractivity contribution is 9.11. The van der Waals surface area contributed by atoms with Crippen molar-refractivity contribution < 1.29 is 9.18 Å². The van der Waals surface area contributed by atoms with E-state index in [4.69, 9.17) is 5.73 Å². The summed E-state index contributed by atoms with van der Waals surface area (Å²) >= 11 is 6.63. The molecule has 0 fully saturated rings. The highest BCUT2D eigenvalue weighted by Crippen LogP contribution is 2.32. The van der Waals surface area contributed by atoms with Crippen LogP contribution in [0.2, 0.25) is 0 Å². The normalized spacial score (nSPS) is 10.4. The molecule has 20 heavy (non-hydrogen) atoms. The third-order valence-corrected chi connectivity index (χ3v) is 3.84. The largest absolute Gasteiger partial charge is 0.397 e. The second kappa shape index (κ2) is 5.93. The third-order valence-electron chi connectivity index (χ3n) is 2.76. The lowest BCUT2D eigenvalue weighted by atomic mass is 10.1. The number of anilines is 2. The third kappa shape index (κ3) is 3.19. The van der Waals surface area contributed by atoms with Gasteiger partial charge in [-0.3, -0.25) is 4.79 Å². The van der Waals surface area contributed by atoms with E-state index in [1.165, 1.54) is 6.07 Å². The molecule has 0 saturated heterocycles. The van der Waals surface area contributed by atoms with Gasteiger partial charge in [-0.25, -0.2) is 4.39 Å². The minimum atomic E-state index is -0.418. The Balaban J connectivity index is 2.30. The Morgan fingerprint density at radius 3 is 2.55 bits per heavy atom. The molecule has 0 unspecified atom stereocenters. The van der Waals surface area contributed by atoms with Crippen LogP contribution in [0, 0.1) is 12.7 Å². The molecular weight excluding hydrogens is 391 g/mol. The SMILES string of the molecule is Cc1ccc(C(=O)Nc2c(N)cc(Br)cc2Br)cc1F. The number of rotatable bonds is 2. The van der Waals surface area contributed by atoms with E-state index in [0.29, 0.717) is 21.4 Å². The number of nitrogens with two attached hydrogens (primary N) is 1. The highest BCUT2D eigenvalue weighted by atomic mass is 79.9. The zero-order chi connectivity index (χ0) is 14.9. The molecule has 2 aromatic carbocycles. The van der Waals surface area contributed by atoms with Gasteiger partial charge in [-0.2, -0.15) is 0 Å². The van der Waals surface area contributed by atoms with Gasteiger partial charge in [0.05, 0.1) is 11.4 Å². The second-order valence-corrected chi connectivity index (χ2v) is 6.04. The fraction of sp³-hybridized carbons (Fsp3) is 0.0714. The van der Waals surface area contributed by atoms with E-state index >= 15 is 0 Å². The van der Waals surface area contributed by atoms with Crippen molar-refractivity contribution in [2.45, 2.75) is 6.92 Å². The number of halogens is 3. The van der Waals surface area contributed by atoms with Crippen molar-refractivity contribution in [2.75, 3.05) is 11.1 Å². The van der Waals surface area contributed by atoms with E-state index < -0.39 is 11.7 Å². The highest BCUT2D eigenvalue weighted by Gasteiger charge is 2.13. The summed E-state index contributed by atoms with van der Waals surface area (Å²) in [6, 6.07) is 7.77. The first-order chi connectivity index (χ1) is 9.38. The van der Waals surface area contributed by atoms with Gasteiger partial charge in [0.25, 0.3) is 5.91 Å². The van der Waals surface area contributed by atoms with Crippen molar-refractivity contribution in [1.82, 2.24) is 0 Å². The summed E-state index contributed by atoms with van der Waals surface area (Å²) in [5.74, 6) is -0.834. The molecule has 0 atom stereocenters. The Kier molecular flexibility index (Phi) is 4.45. The molecule has 0 heterocycles. The number of benzene rings is 2. The number of carbonyl (C=O) groups excluding carboxylic acids is 1. The Labute approximate surface area is 132 Å². The van der Waals surface area contributed by atoms with E-state index in [2.05, 4.69) is 37.2 Å². The molecule has 3 nitrogen and oxygen atoms in total. The standard InChI is InChI=1S/C14H11Br2FN2O/c1-7-2-3-8(4-11(7)17)14(20)19-13-10(16)5-9(15)6-12(13)18/h2-6H,18H2,1H3,(H,19,20). The summed E-state index contributed by atoms with van der Waals surface area (Å²) in [7, 11) is 0. The predicted molar refractivity (Wildman–Crippen MR) is 85.3 cm³/mol. The number of nitrogens with one attached hydrogen (secondary N) is 1. The molecule has 104 valence electrons. The second-order valence-electron chi connectivity index (χ2n) is 4.27. The molecule has 0 radical (unpaired) electrons. The smallest absolute Gasteiger partial charge is 0.255 e. The molecule has 0 spiro atoms. The molecule has 1 amide bonds. The van der Waals surface area contributed by atoms with Gasteiger partial charge in [0.1, 0.15) is 5.82 Å². The predicted octanol–water partition coefficient (Wildman–Crippen LogP) is 4.49. The average molecular weight is 402 g/mol. The number of hydrogen-bond acceptors (Lipinski definition) is 2. The van der Waals surface area contributed by atoms with Crippen molar-refractivity contribution in [3.05, 3.63) is 56.2 Å². The first kappa shape index (κ1) is 15.0. The van der Waals surface area contributed by atoms with Crippen LogP contribution in [0.4, 0.5) is 15.8 Å². The van der Waals surface area contributed by atoms with Crippen LogP contribution in [0.25, 0.3) is 0 Å². The van der Waals surface area contributed by atoms with Gasteiger partial charge in [0.15, 0.2) is 0 Å². The Bertz CT molecular complexity index is 666. The minimum absolute atomic E-state index is 0.238. The monoisotopic (exact) mass is 400 g/mol. The van der Waals surface area contributed by atoms with E-state index in [9.17, 15) is 9.18 Å². The van der Waals surface area contributed by atoms with Crippen LogP contribution in [0.3, 0.4) is 0 Å². The van der Waals surface area contributed by atoms with Crippen LogP contribution >= 0.6 is 31.9 Å². The molecule has 3 N–H and O–H groups in total. The fourth-order valence-electron chi connectivity index (χ4n) is 1.65. The lowest BCUT2D eigenvalue weighted by Gasteiger charge is -2.11. The molecular formula is C14H11Br2FN2O. The maximum Gasteiger partial charge on any atom is 0.255 e. The summed E-state index contributed by atoms with van der Waals surface area (Å²) in [4.78, 5) is 12.1. The van der Waals surface area contributed by atoms with E-state index in [1.807, 2.05) is 0 Å². The molecule has 0 saturated carbocycles. The average Bonchev–Trinajstić information content (AvgIpc) is 2.36. The number of aryl methyl sites for hydroxylation is 1. The lowest BCUT2D eigenvalue weighted by Crippen LogP contribution is -2.14. The van der Waals surface area contributed by atoms with E-state index in [1.54, 1.807) is 31.2 Å². The molecule has 0 aliphatic carbocycles. The van der Waals surface area contributed by atoms with Gasteiger partial charge >= 0.3 is 0 Å². The van der Waals surface area contributed by atoms with Gasteiger partial charge in [-0.1, -0.05) is 22.0 Å². The van der Waals surface area contributed by atoms with Crippen molar-refractivity contribution >= 4 is 49.1 Å². The summed E-state index contributed by atoms with van der Waals surface area (Å²) in [5, 5.41) is 2.67. The van der Waals surface area contributed by atoms with Gasteiger partial charge in [0, 0.05) is 14.5 Å². The number of nitrogen functional groups attached to an aromatic ring is 1. The maximum atomic E-state index is 13.5. The Morgan fingerprint density at radius 2 is 1.95 bits per heavy atom. The molecule has 2 aromatic rings. The number of amides is 1. The molecule has 0 bridgehead atoms. The molecule has 6 heteroatoms. The van der Waals surface area contributed by atoms with E-state index in [0.717, 1.165) is 4.47 Å².